The van der Waals surface area contributed by atoms with E-state index >= 15 is 0 Å². The van der Waals surface area contributed by atoms with Crippen molar-refractivity contribution in [3.8, 4) is 0 Å². The predicted octanol–water partition coefficient (Wildman–Crippen LogP) is 0.505. The molecule has 0 aromatic heterocycles. The number of rotatable bonds is 1. The van der Waals surface area contributed by atoms with E-state index in [2.05, 4.69) is 10.2 Å². The molecule has 0 aromatic rings. The van der Waals surface area contributed by atoms with Crippen molar-refractivity contribution in [1.82, 2.24) is 10.2 Å². The number of nitrogens with two attached hydrogens (primary N) is 1. The van der Waals surface area contributed by atoms with Gasteiger partial charge in [0.2, 0.25) is 0 Å². The number of nitrogens with one attached hydrogen (secondary N) is 2. The molecule has 1 aliphatic carbocycles. The van der Waals surface area contributed by atoms with E-state index in [9.17, 15) is 5.11 Å². The summed E-state index contributed by atoms with van der Waals surface area (Å²) in [6, 6.07) is 0.407. The molecule has 2 aliphatic heterocycles. The van der Waals surface area contributed by atoms with Crippen LogP contribution in [-0.2, 0) is 0 Å². The minimum atomic E-state index is -0.545. The van der Waals surface area contributed by atoms with Crippen molar-refractivity contribution < 1.29 is 5.11 Å². The highest BCUT2D eigenvalue weighted by molar-refractivity contribution is 5.99. The quantitative estimate of drug-likeness (QED) is 0.546. The maximum Gasteiger partial charge on any atom is 0.128 e. The van der Waals surface area contributed by atoms with Crippen molar-refractivity contribution >= 4 is 5.84 Å². The molecule has 2 heterocycles. The van der Waals surface area contributed by atoms with Crippen LogP contribution in [0.2, 0.25) is 0 Å². The number of aliphatic hydroxyl groups is 1. The topological polar surface area (TPSA) is 85.4 Å². The molecule has 0 amide bonds. The third-order valence-electron chi connectivity index (χ3n) is 4.82. The van der Waals surface area contributed by atoms with Gasteiger partial charge in [-0.1, -0.05) is 12.8 Å². The zero-order valence-corrected chi connectivity index (χ0v) is 10.7. The van der Waals surface area contributed by atoms with Crippen molar-refractivity contribution in [2.24, 2.45) is 5.73 Å². The van der Waals surface area contributed by atoms with E-state index in [4.69, 9.17) is 11.1 Å². The zero-order valence-electron chi connectivity index (χ0n) is 10.7. The van der Waals surface area contributed by atoms with Gasteiger partial charge in [0.25, 0.3) is 0 Å². The molecule has 1 spiro atoms. The molecule has 1 saturated carbocycles. The molecule has 5 nitrogen and oxygen atoms in total. The third kappa shape index (κ3) is 1.50. The smallest absolute Gasteiger partial charge is 0.128 e. The van der Waals surface area contributed by atoms with Gasteiger partial charge in [0.15, 0.2) is 0 Å². The average Bonchev–Trinajstić information content (AvgIpc) is 3.03. The summed E-state index contributed by atoms with van der Waals surface area (Å²) in [5, 5.41) is 21.8. The van der Waals surface area contributed by atoms with Crippen molar-refractivity contribution in [3.05, 3.63) is 11.8 Å². The summed E-state index contributed by atoms with van der Waals surface area (Å²) in [7, 11) is 0. The zero-order chi connectivity index (χ0) is 12.8. The Hall–Kier alpha value is -1.07. The molecule has 0 bridgehead atoms. The Morgan fingerprint density at radius 1 is 1.44 bits per heavy atom. The highest BCUT2D eigenvalue weighted by atomic mass is 16.3. The number of aliphatic hydroxyl groups excluding tert-OH is 1. The highest BCUT2D eigenvalue weighted by Crippen LogP contribution is 2.45. The molecule has 2 atom stereocenters. The summed E-state index contributed by atoms with van der Waals surface area (Å²) in [6.07, 6.45) is 7.33. The Morgan fingerprint density at radius 2 is 2.17 bits per heavy atom. The second-order valence-corrected chi connectivity index (χ2v) is 5.74. The van der Waals surface area contributed by atoms with Crippen LogP contribution in [0, 0.1) is 5.41 Å². The lowest BCUT2D eigenvalue weighted by molar-refractivity contribution is 0.00967. The van der Waals surface area contributed by atoms with Crippen LogP contribution in [0.4, 0.5) is 0 Å². The number of likely N-dealkylation sites (tertiary alicyclic amines) is 1. The van der Waals surface area contributed by atoms with Gasteiger partial charge in [-0.05, 0) is 25.8 Å². The summed E-state index contributed by atoms with van der Waals surface area (Å²) in [4.78, 5) is 2.17. The van der Waals surface area contributed by atoms with Gasteiger partial charge in [0, 0.05) is 24.2 Å². The predicted molar refractivity (Wildman–Crippen MR) is 70.1 cm³/mol. The maximum atomic E-state index is 10.3. The molecule has 3 aliphatic rings. The van der Waals surface area contributed by atoms with E-state index in [-0.39, 0.29) is 5.54 Å². The molecular formula is C13H22N4O. The van der Waals surface area contributed by atoms with E-state index in [0.29, 0.717) is 18.3 Å². The summed E-state index contributed by atoms with van der Waals surface area (Å²) < 4.78 is 0. The normalized spacial score (nSPS) is 39.6. The number of nitrogens with zero attached hydrogens (tertiary/aromatic N) is 1. The van der Waals surface area contributed by atoms with E-state index in [1.54, 1.807) is 6.20 Å². The van der Waals surface area contributed by atoms with Gasteiger partial charge in [0.05, 0.1) is 5.54 Å². The average molecular weight is 250 g/mol. The lowest BCUT2D eigenvalue weighted by Gasteiger charge is -2.42. The maximum absolute atomic E-state index is 10.3. The van der Waals surface area contributed by atoms with Crippen LogP contribution in [0.1, 0.15) is 38.5 Å². The van der Waals surface area contributed by atoms with Gasteiger partial charge in [0.1, 0.15) is 12.1 Å². The summed E-state index contributed by atoms with van der Waals surface area (Å²) >= 11 is 0. The number of hydrogen-bond acceptors (Lipinski definition) is 4. The first-order chi connectivity index (χ1) is 8.69. The number of amidine groups is 1. The first kappa shape index (κ1) is 12.0. The lowest BCUT2D eigenvalue weighted by Crippen LogP contribution is -2.56. The van der Waals surface area contributed by atoms with Crippen LogP contribution < -0.4 is 11.1 Å². The van der Waals surface area contributed by atoms with Crippen LogP contribution in [0.25, 0.3) is 0 Å². The summed E-state index contributed by atoms with van der Waals surface area (Å²) in [5.41, 5.74) is 6.21. The minimum absolute atomic E-state index is 0.322. The van der Waals surface area contributed by atoms with Gasteiger partial charge in [-0.3, -0.25) is 10.7 Å². The molecule has 18 heavy (non-hydrogen) atoms. The Bertz CT molecular complexity index is 388. The van der Waals surface area contributed by atoms with Crippen molar-refractivity contribution in [2.75, 3.05) is 6.54 Å². The molecule has 2 saturated heterocycles. The summed E-state index contributed by atoms with van der Waals surface area (Å²) in [5.74, 6) is 0.534. The van der Waals surface area contributed by atoms with Crippen LogP contribution in [0.5, 0.6) is 0 Å². The van der Waals surface area contributed by atoms with Gasteiger partial charge in [-0.2, -0.15) is 0 Å². The van der Waals surface area contributed by atoms with E-state index < -0.39 is 6.23 Å². The molecule has 2 unspecified atom stereocenters. The van der Waals surface area contributed by atoms with Crippen molar-refractivity contribution in [3.63, 3.8) is 0 Å². The van der Waals surface area contributed by atoms with Crippen LogP contribution in [0.15, 0.2) is 11.8 Å². The molecule has 3 rings (SSSR count). The number of hydrogen-bond donors (Lipinski definition) is 4. The summed E-state index contributed by atoms with van der Waals surface area (Å²) in [6.45, 7) is 0.815. The minimum Gasteiger partial charge on any atom is -0.404 e. The highest BCUT2D eigenvalue weighted by Gasteiger charge is 2.55. The Labute approximate surface area is 108 Å². The largest absolute Gasteiger partial charge is 0.404 e. The fourth-order valence-corrected chi connectivity index (χ4v) is 3.91. The molecule has 0 aromatic carbocycles. The first-order valence-electron chi connectivity index (χ1n) is 6.89. The molecule has 5 heteroatoms. The van der Waals surface area contributed by atoms with Gasteiger partial charge in [-0.15, -0.1) is 0 Å². The van der Waals surface area contributed by atoms with Crippen LogP contribution >= 0.6 is 0 Å². The third-order valence-corrected chi connectivity index (χ3v) is 4.82. The van der Waals surface area contributed by atoms with Crippen LogP contribution in [0.3, 0.4) is 0 Å². The van der Waals surface area contributed by atoms with Gasteiger partial charge < -0.3 is 15.7 Å². The monoisotopic (exact) mass is 250 g/mol. The fraction of sp³-hybridized carbons (Fsp3) is 0.769. The molecule has 3 fully saturated rings. The Morgan fingerprint density at radius 3 is 2.72 bits per heavy atom. The fourth-order valence-electron chi connectivity index (χ4n) is 3.91. The van der Waals surface area contributed by atoms with Gasteiger partial charge in [-0.25, -0.2) is 0 Å². The first-order valence-corrected chi connectivity index (χ1v) is 6.89. The standard InChI is InChI=1S/C13H22N4O/c14-8-9-7-13(5-6-16-12(13)18)17(11(9)15)10-3-1-2-4-10/h8,10,12,15-16,18H,1-7,14H2. The Balaban J connectivity index is 1.98. The molecule has 5 N–H and O–H groups in total. The SMILES string of the molecule is N=C1C(=CN)CC2(CCNC2O)N1C1CCCC1. The molecule has 100 valence electrons. The Kier molecular flexibility index (Phi) is 2.83. The molecule has 0 radical (unpaired) electrons. The van der Waals surface area contributed by atoms with E-state index in [1.165, 1.54) is 12.8 Å². The van der Waals surface area contributed by atoms with E-state index in [1.807, 2.05) is 0 Å². The molecular weight excluding hydrogens is 228 g/mol. The second-order valence-electron chi connectivity index (χ2n) is 5.74. The van der Waals surface area contributed by atoms with E-state index in [0.717, 1.165) is 31.4 Å². The van der Waals surface area contributed by atoms with Crippen molar-refractivity contribution in [1.29, 1.82) is 5.41 Å². The lowest BCUT2D eigenvalue weighted by atomic mass is 9.90. The van der Waals surface area contributed by atoms with Crippen molar-refractivity contribution in [2.45, 2.75) is 56.3 Å². The van der Waals surface area contributed by atoms with Gasteiger partial charge >= 0.3 is 0 Å². The van der Waals surface area contributed by atoms with Crippen LogP contribution in [-0.4, -0.2) is 40.2 Å². The second kappa shape index (κ2) is 4.24.